The Labute approximate surface area is 124 Å². The normalized spacial score (nSPS) is 17.6. The summed E-state index contributed by atoms with van der Waals surface area (Å²) in [6.07, 6.45) is 3.89. The molecular formula is C15H22N4O2. The third kappa shape index (κ3) is 5.06. The van der Waals surface area contributed by atoms with Gasteiger partial charge < -0.3 is 20.3 Å². The first-order valence-electron chi connectivity index (χ1n) is 7.35. The molecule has 1 aliphatic heterocycles. The first-order valence-corrected chi connectivity index (χ1v) is 7.35. The number of carbonyl (C=O) groups excluding carboxylic acids is 2. The van der Waals surface area contributed by atoms with E-state index < -0.39 is 0 Å². The van der Waals surface area contributed by atoms with E-state index in [4.69, 9.17) is 0 Å². The fraction of sp³-hybridized carbons (Fsp3) is 0.533. The standard InChI is InChI=1S/C15H22N4O2/c1-12(20)5-4-9-17-15(21)18-13-7-10-19(11-13)14-6-2-3-8-16-14/h2-3,6,8,13H,4-5,7,9-11H2,1H3,(H2,17,18,21)/t13-/m0/s1. The third-order valence-electron chi connectivity index (χ3n) is 3.49. The Balaban J connectivity index is 1.68. The molecule has 0 unspecified atom stereocenters. The highest BCUT2D eigenvalue weighted by Gasteiger charge is 2.24. The first-order chi connectivity index (χ1) is 10.1. The van der Waals surface area contributed by atoms with Gasteiger partial charge >= 0.3 is 6.03 Å². The van der Waals surface area contributed by atoms with Crippen LogP contribution >= 0.6 is 0 Å². The Hall–Kier alpha value is -2.11. The molecule has 1 saturated heterocycles. The molecule has 6 heteroatoms. The second-order valence-corrected chi connectivity index (χ2v) is 5.33. The number of aromatic nitrogens is 1. The number of hydrogen-bond donors (Lipinski definition) is 2. The number of rotatable bonds is 6. The molecule has 1 atom stereocenters. The highest BCUT2D eigenvalue weighted by atomic mass is 16.2. The SMILES string of the molecule is CC(=O)CCCNC(=O)N[C@H]1CCN(c2ccccn2)C1. The maximum absolute atomic E-state index is 11.7. The van der Waals surface area contributed by atoms with E-state index in [-0.39, 0.29) is 17.9 Å². The van der Waals surface area contributed by atoms with Crippen LogP contribution in [0.5, 0.6) is 0 Å². The zero-order chi connectivity index (χ0) is 15.1. The van der Waals surface area contributed by atoms with Crippen molar-refractivity contribution >= 4 is 17.6 Å². The largest absolute Gasteiger partial charge is 0.354 e. The lowest BCUT2D eigenvalue weighted by atomic mass is 10.2. The lowest BCUT2D eigenvalue weighted by Gasteiger charge is -2.17. The van der Waals surface area contributed by atoms with Crippen molar-refractivity contribution in [2.75, 3.05) is 24.5 Å². The lowest BCUT2D eigenvalue weighted by Crippen LogP contribution is -2.43. The molecule has 0 bridgehead atoms. The Bertz CT molecular complexity index is 478. The fourth-order valence-corrected chi connectivity index (χ4v) is 2.40. The molecule has 0 spiro atoms. The number of ketones is 1. The Morgan fingerprint density at radius 1 is 1.43 bits per heavy atom. The molecule has 21 heavy (non-hydrogen) atoms. The van der Waals surface area contributed by atoms with E-state index >= 15 is 0 Å². The number of carbonyl (C=O) groups is 2. The highest BCUT2D eigenvalue weighted by Crippen LogP contribution is 2.17. The third-order valence-corrected chi connectivity index (χ3v) is 3.49. The van der Waals surface area contributed by atoms with Crippen LogP contribution in [-0.2, 0) is 4.79 Å². The summed E-state index contributed by atoms with van der Waals surface area (Å²) in [5.41, 5.74) is 0. The van der Waals surface area contributed by atoms with E-state index in [1.165, 1.54) is 0 Å². The molecule has 1 aromatic heterocycles. The van der Waals surface area contributed by atoms with E-state index in [2.05, 4.69) is 20.5 Å². The number of Topliss-reactive ketones (excluding diaryl/α,β-unsaturated/α-hetero) is 1. The van der Waals surface area contributed by atoms with Crippen LogP contribution in [0.3, 0.4) is 0 Å². The van der Waals surface area contributed by atoms with Crippen molar-refractivity contribution in [3.05, 3.63) is 24.4 Å². The van der Waals surface area contributed by atoms with Crippen molar-refractivity contribution in [1.82, 2.24) is 15.6 Å². The monoisotopic (exact) mass is 290 g/mol. The van der Waals surface area contributed by atoms with Crippen LogP contribution in [0, 0.1) is 0 Å². The molecule has 1 fully saturated rings. The van der Waals surface area contributed by atoms with Crippen LogP contribution in [0.15, 0.2) is 24.4 Å². The van der Waals surface area contributed by atoms with Crippen molar-refractivity contribution in [2.24, 2.45) is 0 Å². The quantitative estimate of drug-likeness (QED) is 0.775. The van der Waals surface area contributed by atoms with Crippen molar-refractivity contribution in [2.45, 2.75) is 32.2 Å². The van der Waals surface area contributed by atoms with Gasteiger partial charge in [-0.05, 0) is 31.9 Å². The number of amides is 2. The highest BCUT2D eigenvalue weighted by molar-refractivity contribution is 5.76. The van der Waals surface area contributed by atoms with Crippen molar-refractivity contribution < 1.29 is 9.59 Å². The number of anilines is 1. The lowest BCUT2D eigenvalue weighted by molar-refractivity contribution is -0.117. The zero-order valence-corrected chi connectivity index (χ0v) is 12.3. The van der Waals surface area contributed by atoms with Crippen LogP contribution < -0.4 is 15.5 Å². The molecule has 2 amide bonds. The predicted octanol–water partition coefficient (Wildman–Crippen LogP) is 1.33. The summed E-state index contributed by atoms with van der Waals surface area (Å²) >= 11 is 0. The maximum Gasteiger partial charge on any atom is 0.315 e. The summed E-state index contributed by atoms with van der Waals surface area (Å²) in [6, 6.07) is 5.81. The zero-order valence-electron chi connectivity index (χ0n) is 12.3. The Morgan fingerprint density at radius 2 is 2.29 bits per heavy atom. The minimum absolute atomic E-state index is 0.139. The van der Waals surface area contributed by atoms with Gasteiger partial charge in [0.25, 0.3) is 0 Å². The summed E-state index contributed by atoms with van der Waals surface area (Å²) in [7, 11) is 0. The summed E-state index contributed by atoms with van der Waals surface area (Å²) < 4.78 is 0. The molecule has 2 rings (SSSR count). The number of urea groups is 1. The molecule has 2 heterocycles. The van der Waals surface area contributed by atoms with Gasteiger partial charge in [-0.2, -0.15) is 0 Å². The molecule has 0 saturated carbocycles. The molecule has 2 N–H and O–H groups in total. The van der Waals surface area contributed by atoms with E-state index in [1.807, 2.05) is 18.2 Å². The second kappa shape index (κ2) is 7.61. The Morgan fingerprint density at radius 3 is 3.00 bits per heavy atom. The Kier molecular flexibility index (Phi) is 5.54. The molecule has 0 radical (unpaired) electrons. The predicted molar refractivity (Wildman–Crippen MR) is 81.3 cm³/mol. The minimum Gasteiger partial charge on any atom is -0.354 e. The molecule has 0 aliphatic carbocycles. The average molecular weight is 290 g/mol. The smallest absolute Gasteiger partial charge is 0.315 e. The molecule has 6 nitrogen and oxygen atoms in total. The van der Waals surface area contributed by atoms with Gasteiger partial charge in [0.15, 0.2) is 0 Å². The molecule has 1 aliphatic rings. The molecule has 1 aromatic rings. The van der Waals surface area contributed by atoms with Crippen LogP contribution in [-0.4, -0.2) is 42.5 Å². The van der Waals surface area contributed by atoms with E-state index in [0.29, 0.717) is 19.4 Å². The van der Waals surface area contributed by atoms with E-state index in [0.717, 1.165) is 25.3 Å². The topological polar surface area (TPSA) is 74.3 Å². The summed E-state index contributed by atoms with van der Waals surface area (Å²) in [4.78, 5) is 29.0. The number of hydrogen-bond acceptors (Lipinski definition) is 4. The first kappa shape index (κ1) is 15.3. The number of nitrogens with zero attached hydrogens (tertiary/aromatic N) is 2. The van der Waals surface area contributed by atoms with Crippen LogP contribution in [0.4, 0.5) is 10.6 Å². The second-order valence-electron chi connectivity index (χ2n) is 5.33. The van der Waals surface area contributed by atoms with Crippen molar-refractivity contribution in [1.29, 1.82) is 0 Å². The number of nitrogens with one attached hydrogen (secondary N) is 2. The number of pyridine rings is 1. The van der Waals surface area contributed by atoms with Crippen LogP contribution in [0.1, 0.15) is 26.2 Å². The van der Waals surface area contributed by atoms with Gasteiger partial charge in [0.1, 0.15) is 11.6 Å². The van der Waals surface area contributed by atoms with Crippen molar-refractivity contribution in [3.63, 3.8) is 0 Å². The molecule has 0 aromatic carbocycles. The van der Waals surface area contributed by atoms with Gasteiger partial charge in [0.2, 0.25) is 0 Å². The average Bonchev–Trinajstić information content (AvgIpc) is 2.93. The van der Waals surface area contributed by atoms with Gasteiger partial charge in [0, 0.05) is 38.3 Å². The van der Waals surface area contributed by atoms with Gasteiger partial charge in [-0.25, -0.2) is 9.78 Å². The fourth-order valence-electron chi connectivity index (χ4n) is 2.40. The summed E-state index contributed by atoms with van der Waals surface area (Å²) in [6.45, 7) is 3.76. The van der Waals surface area contributed by atoms with Crippen LogP contribution in [0.2, 0.25) is 0 Å². The van der Waals surface area contributed by atoms with Gasteiger partial charge in [-0.1, -0.05) is 6.07 Å². The van der Waals surface area contributed by atoms with Gasteiger partial charge in [-0.15, -0.1) is 0 Å². The van der Waals surface area contributed by atoms with Crippen LogP contribution in [0.25, 0.3) is 0 Å². The minimum atomic E-state index is -0.161. The van der Waals surface area contributed by atoms with Crippen molar-refractivity contribution in [3.8, 4) is 0 Å². The van der Waals surface area contributed by atoms with E-state index in [9.17, 15) is 9.59 Å². The molecular weight excluding hydrogens is 268 g/mol. The summed E-state index contributed by atoms with van der Waals surface area (Å²) in [5, 5.41) is 5.75. The maximum atomic E-state index is 11.7. The van der Waals surface area contributed by atoms with Gasteiger partial charge in [0.05, 0.1) is 0 Å². The van der Waals surface area contributed by atoms with E-state index in [1.54, 1.807) is 13.1 Å². The van der Waals surface area contributed by atoms with Gasteiger partial charge in [-0.3, -0.25) is 0 Å². The molecule has 114 valence electrons. The summed E-state index contributed by atoms with van der Waals surface area (Å²) in [5.74, 6) is 1.10.